The van der Waals surface area contributed by atoms with E-state index in [1.165, 1.54) is 0 Å². The van der Waals surface area contributed by atoms with Crippen molar-refractivity contribution in [3.8, 4) is 0 Å². The molecule has 0 spiro atoms. The van der Waals surface area contributed by atoms with Crippen molar-refractivity contribution < 1.29 is 13.3 Å². The molecule has 6 heteroatoms. The zero-order valence-corrected chi connectivity index (χ0v) is 12.7. The van der Waals surface area contributed by atoms with E-state index in [1.54, 1.807) is 0 Å². The van der Waals surface area contributed by atoms with Crippen LogP contribution in [0.1, 0.15) is 27.2 Å². The van der Waals surface area contributed by atoms with Crippen molar-refractivity contribution in [2.45, 2.75) is 33.2 Å². The van der Waals surface area contributed by atoms with Crippen LogP contribution in [0.5, 0.6) is 0 Å². The van der Waals surface area contributed by atoms with Gasteiger partial charge in [0.25, 0.3) is 0 Å². The van der Waals surface area contributed by atoms with Gasteiger partial charge in [0.1, 0.15) is 9.04 Å². The molecule has 0 saturated carbocycles. The molecule has 0 rings (SSSR count). The van der Waals surface area contributed by atoms with Gasteiger partial charge in [0.2, 0.25) is 0 Å². The van der Waals surface area contributed by atoms with Gasteiger partial charge in [-0.25, -0.2) is 0 Å². The molecule has 92 valence electrons. The Bertz CT molecular complexity index is 132. The van der Waals surface area contributed by atoms with Gasteiger partial charge in [0, 0.05) is 19.8 Å². The SMILES string of the molecule is CCO[Si](OCC)(OCC)[SiH2]CCCN. The smallest absolute Gasteiger partial charge is 0.377 e. The van der Waals surface area contributed by atoms with Gasteiger partial charge >= 0.3 is 8.32 Å². The van der Waals surface area contributed by atoms with Crippen LogP contribution in [0.25, 0.3) is 0 Å². The van der Waals surface area contributed by atoms with Crippen LogP contribution < -0.4 is 5.73 Å². The minimum Gasteiger partial charge on any atom is -0.377 e. The lowest BCUT2D eigenvalue weighted by Crippen LogP contribution is -2.52. The second-order valence-electron chi connectivity index (χ2n) is 3.23. The van der Waals surface area contributed by atoms with E-state index in [-0.39, 0.29) is 0 Å². The Morgan fingerprint density at radius 2 is 1.47 bits per heavy atom. The first-order valence-corrected chi connectivity index (χ1v) is 10.9. The van der Waals surface area contributed by atoms with Crippen molar-refractivity contribution in [2.75, 3.05) is 26.4 Å². The number of nitrogens with two attached hydrogens (primary N) is 1. The molecule has 0 aliphatic carbocycles. The van der Waals surface area contributed by atoms with Gasteiger partial charge in [-0.05, 0) is 33.7 Å². The summed E-state index contributed by atoms with van der Waals surface area (Å²) < 4.78 is 17.3. The predicted molar refractivity (Wildman–Crippen MR) is 67.7 cm³/mol. The monoisotopic (exact) mass is 251 g/mol. The number of rotatable bonds is 10. The van der Waals surface area contributed by atoms with Crippen molar-refractivity contribution in [1.82, 2.24) is 0 Å². The molecule has 0 atom stereocenters. The van der Waals surface area contributed by atoms with Crippen LogP contribution in [-0.2, 0) is 13.3 Å². The molecular weight excluding hydrogens is 226 g/mol. The summed E-state index contributed by atoms with van der Waals surface area (Å²) in [5.41, 5.74) is 5.49. The molecule has 0 aliphatic heterocycles. The van der Waals surface area contributed by atoms with E-state index in [1.807, 2.05) is 20.8 Å². The molecule has 0 radical (unpaired) electrons. The van der Waals surface area contributed by atoms with Crippen molar-refractivity contribution in [3.05, 3.63) is 0 Å². The predicted octanol–water partition coefficient (Wildman–Crippen LogP) is 0.467. The molecule has 0 saturated heterocycles. The zero-order valence-electron chi connectivity index (χ0n) is 10.3. The van der Waals surface area contributed by atoms with E-state index in [2.05, 4.69) is 0 Å². The summed E-state index contributed by atoms with van der Waals surface area (Å²) in [4.78, 5) is 0. The molecule has 0 aromatic rings. The summed E-state index contributed by atoms with van der Waals surface area (Å²) in [6.45, 7) is 8.79. The number of hydrogen-bond acceptors (Lipinski definition) is 4. The Balaban J connectivity index is 4.18. The molecule has 0 aromatic heterocycles. The summed E-state index contributed by atoms with van der Waals surface area (Å²) in [6.07, 6.45) is 1.06. The van der Waals surface area contributed by atoms with Gasteiger partial charge in [-0.15, -0.1) is 0 Å². The fourth-order valence-corrected chi connectivity index (χ4v) is 9.65. The lowest BCUT2D eigenvalue weighted by Gasteiger charge is -2.28. The van der Waals surface area contributed by atoms with Crippen LogP contribution in [0, 0.1) is 0 Å². The Labute approximate surface area is 96.5 Å². The van der Waals surface area contributed by atoms with Crippen molar-refractivity contribution in [1.29, 1.82) is 0 Å². The van der Waals surface area contributed by atoms with Crippen LogP contribution in [-0.4, -0.2) is 43.7 Å². The lowest BCUT2D eigenvalue weighted by atomic mass is 10.5. The third kappa shape index (κ3) is 6.44. The fraction of sp³-hybridized carbons (Fsp3) is 1.00. The van der Waals surface area contributed by atoms with E-state index in [4.69, 9.17) is 19.0 Å². The highest BCUT2D eigenvalue weighted by molar-refractivity contribution is 7.14. The van der Waals surface area contributed by atoms with Gasteiger partial charge in [0.15, 0.2) is 0 Å². The van der Waals surface area contributed by atoms with Crippen LogP contribution in [0.2, 0.25) is 6.04 Å². The average molecular weight is 251 g/mol. The normalized spacial score (nSPS) is 12.8. The summed E-state index contributed by atoms with van der Waals surface area (Å²) in [5.74, 6) is 0. The van der Waals surface area contributed by atoms with Gasteiger partial charge in [-0.2, -0.15) is 0 Å². The maximum Gasteiger partial charge on any atom is 0.462 e. The molecular formula is C9H25NO3Si2. The largest absolute Gasteiger partial charge is 0.462 e. The highest BCUT2D eigenvalue weighted by Gasteiger charge is 2.38. The van der Waals surface area contributed by atoms with Crippen LogP contribution in [0.15, 0.2) is 0 Å². The molecule has 2 N–H and O–H groups in total. The van der Waals surface area contributed by atoms with E-state index in [9.17, 15) is 0 Å². The maximum absolute atomic E-state index is 5.77. The zero-order chi connectivity index (χ0) is 11.6. The van der Waals surface area contributed by atoms with Gasteiger partial charge in [-0.1, -0.05) is 6.04 Å². The molecule has 0 unspecified atom stereocenters. The first-order chi connectivity index (χ1) is 7.24. The maximum atomic E-state index is 5.77. The standard InChI is InChI=1S/C9H25NO3Si2/c1-4-11-15(12-5-2,13-6-3)14-9-7-8-10/h4-10,14H2,1-3H3. The summed E-state index contributed by atoms with van der Waals surface area (Å²) in [6, 6.07) is 1.16. The van der Waals surface area contributed by atoms with Gasteiger partial charge in [0.05, 0.1) is 0 Å². The van der Waals surface area contributed by atoms with Crippen LogP contribution >= 0.6 is 0 Å². The first kappa shape index (κ1) is 15.3. The van der Waals surface area contributed by atoms with E-state index < -0.39 is 17.4 Å². The molecule has 0 bridgehead atoms. The second-order valence-corrected chi connectivity index (χ2v) is 10.8. The summed E-state index contributed by atoms with van der Waals surface area (Å²) in [5, 5.41) is 0. The Hall–Kier alpha value is 0.274. The highest BCUT2D eigenvalue weighted by atomic mass is 29.2. The van der Waals surface area contributed by atoms with E-state index in [0.29, 0.717) is 19.8 Å². The Kier molecular flexibility index (Phi) is 9.67. The minimum atomic E-state index is -2.25. The minimum absolute atomic E-state index is 0.433. The van der Waals surface area contributed by atoms with Crippen LogP contribution in [0.3, 0.4) is 0 Å². The van der Waals surface area contributed by atoms with Crippen molar-refractivity contribution in [2.24, 2.45) is 5.73 Å². The third-order valence-corrected chi connectivity index (χ3v) is 10.4. The highest BCUT2D eigenvalue weighted by Crippen LogP contribution is 2.10. The van der Waals surface area contributed by atoms with Crippen molar-refractivity contribution >= 4 is 17.4 Å². The quantitative estimate of drug-likeness (QED) is 0.453. The molecule has 0 amide bonds. The molecule has 4 nitrogen and oxygen atoms in total. The third-order valence-electron chi connectivity index (χ3n) is 2.03. The van der Waals surface area contributed by atoms with E-state index in [0.717, 1.165) is 19.0 Å². The summed E-state index contributed by atoms with van der Waals surface area (Å²) >= 11 is 0. The molecule has 0 fully saturated rings. The molecule has 0 heterocycles. The first-order valence-electron chi connectivity index (χ1n) is 5.86. The Morgan fingerprint density at radius 3 is 1.80 bits per heavy atom. The molecule has 15 heavy (non-hydrogen) atoms. The van der Waals surface area contributed by atoms with Crippen molar-refractivity contribution in [3.63, 3.8) is 0 Å². The number of hydrogen-bond donors (Lipinski definition) is 1. The lowest BCUT2D eigenvalue weighted by molar-refractivity contribution is 0.0929. The Morgan fingerprint density at radius 1 is 1.00 bits per heavy atom. The topological polar surface area (TPSA) is 53.7 Å². The van der Waals surface area contributed by atoms with Gasteiger partial charge < -0.3 is 19.0 Å². The van der Waals surface area contributed by atoms with Crippen LogP contribution in [0.4, 0.5) is 0 Å². The second kappa shape index (κ2) is 9.50. The average Bonchev–Trinajstić information content (AvgIpc) is 2.19. The summed E-state index contributed by atoms with van der Waals surface area (Å²) in [7, 11) is -2.68. The van der Waals surface area contributed by atoms with Gasteiger partial charge in [-0.3, -0.25) is 0 Å². The fourth-order valence-electron chi connectivity index (χ4n) is 1.49. The van der Waals surface area contributed by atoms with E-state index >= 15 is 0 Å². The molecule has 0 aromatic carbocycles. The molecule has 0 aliphatic rings.